The zero-order chi connectivity index (χ0) is 15.0. The maximum atomic E-state index is 13.0. The molecule has 1 aromatic heterocycles. The number of fused-ring (bicyclic) bond motifs is 1. The van der Waals surface area contributed by atoms with Crippen molar-refractivity contribution in [2.75, 3.05) is 0 Å². The molecule has 1 heterocycles. The SMILES string of the molecule is O=c1c(O)c(-c2ccc(F)cc2)oc2ccc(CBr)cc12. The number of benzene rings is 2. The van der Waals surface area contributed by atoms with E-state index in [4.69, 9.17) is 4.42 Å². The molecule has 3 nitrogen and oxygen atoms in total. The Morgan fingerprint density at radius 1 is 1.14 bits per heavy atom. The minimum atomic E-state index is -0.502. The van der Waals surface area contributed by atoms with Crippen LogP contribution in [0.25, 0.3) is 22.3 Å². The molecule has 3 aromatic rings. The first-order valence-corrected chi connectivity index (χ1v) is 7.33. The fourth-order valence-electron chi connectivity index (χ4n) is 2.11. The highest BCUT2D eigenvalue weighted by molar-refractivity contribution is 9.08. The van der Waals surface area contributed by atoms with Gasteiger partial charge in [-0.3, -0.25) is 4.79 Å². The summed E-state index contributed by atoms with van der Waals surface area (Å²) in [5.74, 6) is -0.830. The molecule has 0 spiro atoms. The monoisotopic (exact) mass is 348 g/mol. The third-order valence-electron chi connectivity index (χ3n) is 3.19. The standard InChI is InChI=1S/C16H10BrFO3/c17-8-9-1-6-13-12(7-9)14(19)15(20)16(21-13)10-2-4-11(18)5-3-10/h1-7,20H,8H2. The Morgan fingerprint density at radius 3 is 2.52 bits per heavy atom. The van der Waals surface area contributed by atoms with Crippen LogP contribution in [-0.4, -0.2) is 5.11 Å². The first-order chi connectivity index (χ1) is 10.1. The van der Waals surface area contributed by atoms with Gasteiger partial charge in [-0.05, 0) is 42.0 Å². The third kappa shape index (κ3) is 2.45. The Hall–Kier alpha value is -2.14. The largest absolute Gasteiger partial charge is 0.502 e. The molecule has 0 atom stereocenters. The highest BCUT2D eigenvalue weighted by Gasteiger charge is 2.15. The number of halogens is 2. The molecule has 0 radical (unpaired) electrons. The topological polar surface area (TPSA) is 50.4 Å². The first kappa shape index (κ1) is 13.8. The Kier molecular flexibility index (Phi) is 3.51. The van der Waals surface area contributed by atoms with E-state index >= 15 is 0 Å². The van der Waals surface area contributed by atoms with Gasteiger partial charge >= 0.3 is 0 Å². The minimum absolute atomic E-state index is 0.0408. The summed E-state index contributed by atoms with van der Waals surface area (Å²) in [5, 5.41) is 11.0. The molecular formula is C16H10BrFO3. The van der Waals surface area contributed by atoms with Crippen LogP contribution in [0.1, 0.15) is 5.56 Å². The molecule has 0 aliphatic heterocycles. The van der Waals surface area contributed by atoms with Crippen molar-refractivity contribution in [1.82, 2.24) is 0 Å². The molecule has 2 aromatic carbocycles. The van der Waals surface area contributed by atoms with Crippen LogP contribution in [0.4, 0.5) is 4.39 Å². The van der Waals surface area contributed by atoms with Crippen LogP contribution >= 0.6 is 15.9 Å². The Bertz CT molecular complexity index is 869. The summed E-state index contributed by atoms with van der Waals surface area (Å²) in [6.07, 6.45) is 0. The molecule has 0 unspecified atom stereocenters. The van der Waals surface area contributed by atoms with Gasteiger partial charge in [-0.1, -0.05) is 22.0 Å². The van der Waals surface area contributed by atoms with Crippen molar-refractivity contribution in [3.8, 4) is 17.1 Å². The molecular weight excluding hydrogens is 339 g/mol. The first-order valence-electron chi connectivity index (χ1n) is 6.21. The summed E-state index contributed by atoms with van der Waals surface area (Å²) >= 11 is 3.31. The zero-order valence-electron chi connectivity index (χ0n) is 10.8. The van der Waals surface area contributed by atoms with E-state index < -0.39 is 17.0 Å². The van der Waals surface area contributed by atoms with E-state index in [0.717, 1.165) is 5.56 Å². The quantitative estimate of drug-likeness (QED) is 0.706. The van der Waals surface area contributed by atoms with E-state index in [2.05, 4.69) is 15.9 Å². The number of hydrogen-bond acceptors (Lipinski definition) is 3. The summed E-state index contributed by atoms with van der Waals surface area (Å²) in [6.45, 7) is 0. The lowest BCUT2D eigenvalue weighted by molar-refractivity contribution is 0.449. The van der Waals surface area contributed by atoms with Gasteiger partial charge in [-0.2, -0.15) is 0 Å². The van der Waals surface area contributed by atoms with Gasteiger partial charge in [0.2, 0.25) is 11.2 Å². The molecule has 106 valence electrons. The van der Waals surface area contributed by atoms with Gasteiger partial charge in [-0.25, -0.2) is 4.39 Å². The molecule has 0 fully saturated rings. The molecule has 0 amide bonds. The van der Waals surface area contributed by atoms with Gasteiger partial charge < -0.3 is 9.52 Å². The molecule has 1 N–H and O–H groups in total. The molecule has 21 heavy (non-hydrogen) atoms. The summed E-state index contributed by atoms with van der Waals surface area (Å²) in [6, 6.07) is 10.6. The van der Waals surface area contributed by atoms with Crippen LogP contribution in [-0.2, 0) is 5.33 Å². The van der Waals surface area contributed by atoms with Gasteiger partial charge in [0.15, 0.2) is 5.76 Å². The van der Waals surface area contributed by atoms with Crippen molar-refractivity contribution in [2.24, 2.45) is 0 Å². The van der Waals surface area contributed by atoms with Crippen LogP contribution in [0.15, 0.2) is 51.7 Å². The maximum Gasteiger partial charge on any atom is 0.235 e. The van der Waals surface area contributed by atoms with Gasteiger partial charge in [0.1, 0.15) is 11.4 Å². The Balaban J connectivity index is 2.28. The van der Waals surface area contributed by atoms with Crippen LogP contribution in [0.5, 0.6) is 5.75 Å². The second-order valence-corrected chi connectivity index (χ2v) is 5.14. The molecule has 3 rings (SSSR count). The van der Waals surface area contributed by atoms with Crippen molar-refractivity contribution in [3.63, 3.8) is 0 Å². The van der Waals surface area contributed by atoms with E-state index in [1.54, 1.807) is 12.1 Å². The predicted molar refractivity (Wildman–Crippen MR) is 82.2 cm³/mol. The summed E-state index contributed by atoms with van der Waals surface area (Å²) in [5.41, 5.74) is 1.22. The molecule has 5 heteroatoms. The van der Waals surface area contributed by atoms with Crippen LogP contribution in [0.3, 0.4) is 0 Å². The normalized spacial score (nSPS) is 11.0. The van der Waals surface area contributed by atoms with Gasteiger partial charge in [0.25, 0.3) is 0 Å². The highest BCUT2D eigenvalue weighted by Crippen LogP contribution is 2.30. The summed E-state index contributed by atoms with van der Waals surface area (Å²) < 4.78 is 18.6. The van der Waals surface area contributed by atoms with Crippen LogP contribution in [0, 0.1) is 5.82 Å². The van der Waals surface area contributed by atoms with E-state index in [1.807, 2.05) is 6.07 Å². The van der Waals surface area contributed by atoms with Gasteiger partial charge in [0.05, 0.1) is 5.39 Å². The predicted octanol–water partition coefficient (Wildman–Crippen LogP) is 4.20. The van der Waals surface area contributed by atoms with Crippen molar-refractivity contribution in [1.29, 1.82) is 0 Å². The molecule has 0 aliphatic carbocycles. The lowest BCUT2D eigenvalue weighted by atomic mass is 10.1. The summed E-state index contributed by atoms with van der Waals surface area (Å²) in [7, 11) is 0. The fourth-order valence-corrected chi connectivity index (χ4v) is 2.46. The van der Waals surface area contributed by atoms with Crippen molar-refractivity contribution in [3.05, 3.63) is 64.1 Å². The van der Waals surface area contributed by atoms with Crippen LogP contribution in [0.2, 0.25) is 0 Å². The zero-order valence-corrected chi connectivity index (χ0v) is 12.4. The van der Waals surface area contributed by atoms with Crippen molar-refractivity contribution in [2.45, 2.75) is 5.33 Å². The lowest BCUT2D eigenvalue weighted by Crippen LogP contribution is -2.03. The van der Waals surface area contributed by atoms with Crippen LogP contribution < -0.4 is 5.43 Å². The molecule has 0 bridgehead atoms. The average molecular weight is 349 g/mol. The number of hydrogen-bond donors (Lipinski definition) is 1. The highest BCUT2D eigenvalue weighted by atomic mass is 79.9. The Morgan fingerprint density at radius 2 is 1.86 bits per heavy atom. The van der Waals surface area contributed by atoms with E-state index in [-0.39, 0.29) is 5.76 Å². The maximum absolute atomic E-state index is 13.0. The van der Waals surface area contributed by atoms with Gasteiger partial charge in [-0.15, -0.1) is 0 Å². The smallest absolute Gasteiger partial charge is 0.235 e. The second-order valence-electron chi connectivity index (χ2n) is 4.58. The van der Waals surface area contributed by atoms with Crippen molar-refractivity contribution >= 4 is 26.9 Å². The van der Waals surface area contributed by atoms with E-state index in [0.29, 0.717) is 21.9 Å². The van der Waals surface area contributed by atoms with Crippen molar-refractivity contribution < 1.29 is 13.9 Å². The third-order valence-corrected chi connectivity index (χ3v) is 3.84. The molecule has 0 saturated carbocycles. The number of alkyl halides is 1. The molecule has 0 saturated heterocycles. The van der Waals surface area contributed by atoms with Gasteiger partial charge in [0, 0.05) is 10.9 Å². The molecule has 0 aliphatic rings. The second kappa shape index (κ2) is 5.33. The number of aromatic hydroxyl groups is 1. The minimum Gasteiger partial charge on any atom is -0.502 e. The Labute approximate surface area is 127 Å². The summed E-state index contributed by atoms with van der Waals surface area (Å²) in [4.78, 5) is 12.3. The van der Waals surface area contributed by atoms with E-state index in [1.165, 1.54) is 24.3 Å². The number of rotatable bonds is 2. The lowest BCUT2D eigenvalue weighted by Gasteiger charge is -2.06. The fraction of sp³-hybridized carbons (Fsp3) is 0.0625. The van der Waals surface area contributed by atoms with E-state index in [9.17, 15) is 14.3 Å². The average Bonchev–Trinajstić information content (AvgIpc) is 2.51.